The molecule has 0 radical (unpaired) electrons. The summed E-state index contributed by atoms with van der Waals surface area (Å²) >= 11 is 0. The van der Waals surface area contributed by atoms with Crippen molar-refractivity contribution in [2.24, 2.45) is 0 Å². The van der Waals surface area contributed by atoms with E-state index in [0.29, 0.717) is 0 Å². The van der Waals surface area contributed by atoms with Crippen molar-refractivity contribution in [3.05, 3.63) is 154 Å². The summed E-state index contributed by atoms with van der Waals surface area (Å²) in [7, 11) is 0. The molecule has 0 unspecified atom stereocenters. The summed E-state index contributed by atoms with van der Waals surface area (Å²) in [5.41, 5.74) is 13.9. The molecule has 0 spiro atoms. The van der Waals surface area contributed by atoms with Gasteiger partial charge in [-0.15, -0.1) is 0 Å². The lowest BCUT2D eigenvalue weighted by Gasteiger charge is -2.17. The fourth-order valence-corrected chi connectivity index (χ4v) is 9.57. The first-order valence-electron chi connectivity index (χ1n) is 20.6. The van der Waals surface area contributed by atoms with Crippen molar-refractivity contribution in [1.29, 1.82) is 0 Å². The minimum atomic E-state index is 0.953. The third kappa shape index (κ3) is 6.81. The van der Waals surface area contributed by atoms with Gasteiger partial charge < -0.3 is 25.3 Å². The molecule has 0 saturated carbocycles. The highest BCUT2D eigenvalue weighted by Crippen LogP contribution is 2.37. The summed E-state index contributed by atoms with van der Waals surface area (Å²) in [6.45, 7) is 4.18. The zero-order valence-electron chi connectivity index (χ0n) is 31.7. The Morgan fingerprint density at radius 2 is 0.836 bits per heavy atom. The first-order chi connectivity index (χ1) is 27.2. The second kappa shape index (κ2) is 15.1. The number of ether oxygens (including phenoxy) is 1. The molecule has 2 aliphatic rings. The number of nitrogens with one attached hydrogen (secondary N) is 4. The molecule has 55 heavy (non-hydrogen) atoms. The minimum absolute atomic E-state index is 0.953. The summed E-state index contributed by atoms with van der Waals surface area (Å²) in [5.74, 6) is 1.95. The van der Waals surface area contributed by atoms with Gasteiger partial charge in [0.1, 0.15) is 11.5 Å². The van der Waals surface area contributed by atoms with Crippen molar-refractivity contribution in [1.82, 2.24) is 20.6 Å². The third-order valence-corrected chi connectivity index (χ3v) is 12.3. The molecule has 2 aliphatic heterocycles. The molecule has 0 fully saturated rings. The lowest BCUT2D eigenvalue weighted by molar-refractivity contribution is 0.470. The van der Waals surface area contributed by atoms with Gasteiger partial charge in [-0.05, 0) is 156 Å². The van der Waals surface area contributed by atoms with E-state index in [1.54, 1.807) is 0 Å². The van der Waals surface area contributed by atoms with E-state index in [1.165, 1.54) is 88.1 Å². The summed E-state index contributed by atoms with van der Waals surface area (Å²) in [4.78, 5) is 7.52. The summed E-state index contributed by atoms with van der Waals surface area (Å²) in [5, 5.41) is 15.0. The molecule has 0 aliphatic carbocycles. The van der Waals surface area contributed by atoms with E-state index in [4.69, 9.17) is 4.74 Å². The molecule has 276 valence electrons. The van der Waals surface area contributed by atoms with Gasteiger partial charge in [-0.2, -0.15) is 0 Å². The second-order valence-corrected chi connectivity index (χ2v) is 15.8. The monoisotopic (exact) mass is 722 g/mol. The van der Waals surface area contributed by atoms with Gasteiger partial charge in [0.05, 0.1) is 0 Å². The topological polar surface area (TPSA) is 64.9 Å². The number of rotatable bonds is 10. The van der Waals surface area contributed by atoms with Crippen LogP contribution in [0.4, 0.5) is 0 Å². The molecule has 4 N–H and O–H groups in total. The largest absolute Gasteiger partial charge is 0.457 e. The van der Waals surface area contributed by atoms with E-state index in [0.717, 1.165) is 102 Å². The van der Waals surface area contributed by atoms with Crippen molar-refractivity contribution in [2.45, 2.75) is 64.2 Å². The average Bonchev–Trinajstić information content (AvgIpc) is 3.53. The smallest absolute Gasteiger partial charge is 0.131 e. The van der Waals surface area contributed by atoms with E-state index in [2.05, 4.69) is 130 Å². The number of fused-ring (bicyclic) bond motifs is 8. The molecule has 0 saturated heterocycles. The highest BCUT2D eigenvalue weighted by Gasteiger charge is 2.19. The Hall–Kier alpha value is -5.36. The van der Waals surface area contributed by atoms with Crippen LogP contribution < -0.4 is 15.4 Å². The molecule has 4 heterocycles. The molecule has 0 bridgehead atoms. The van der Waals surface area contributed by atoms with Gasteiger partial charge >= 0.3 is 0 Å². The van der Waals surface area contributed by atoms with Gasteiger partial charge in [0.25, 0.3) is 0 Å². The molecule has 0 atom stereocenters. The molecule has 2 aromatic heterocycles. The zero-order chi connectivity index (χ0) is 36.6. The molecule has 8 aromatic rings. The van der Waals surface area contributed by atoms with Gasteiger partial charge in [-0.3, -0.25) is 0 Å². The maximum absolute atomic E-state index is 7.13. The van der Waals surface area contributed by atoms with E-state index >= 15 is 0 Å². The van der Waals surface area contributed by atoms with Crippen molar-refractivity contribution >= 4 is 43.4 Å². The summed E-state index contributed by atoms with van der Waals surface area (Å²) in [6.07, 6.45) is 10.4. The molecule has 5 nitrogen and oxygen atoms in total. The predicted octanol–water partition coefficient (Wildman–Crippen LogP) is 10.5. The van der Waals surface area contributed by atoms with Crippen LogP contribution >= 0.6 is 0 Å². The maximum Gasteiger partial charge on any atom is 0.131 e. The summed E-state index contributed by atoms with van der Waals surface area (Å²) in [6, 6.07) is 40.4. The van der Waals surface area contributed by atoms with E-state index in [9.17, 15) is 0 Å². The number of aromatic nitrogens is 2. The van der Waals surface area contributed by atoms with Crippen molar-refractivity contribution in [3.63, 3.8) is 0 Å². The quantitative estimate of drug-likeness (QED) is 0.114. The van der Waals surface area contributed by atoms with Crippen molar-refractivity contribution < 1.29 is 4.74 Å². The van der Waals surface area contributed by atoms with Crippen LogP contribution in [-0.4, -0.2) is 36.1 Å². The zero-order valence-corrected chi connectivity index (χ0v) is 31.7. The Morgan fingerprint density at radius 3 is 1.31 bits per heavy atom. The Morgan fingerprint density at radius 1 is 0.418 bits per heavy atom. The fraction of sp³-hybridized carbons (Fsp3) is 0.280. The maximum atomic E-state index is 7.13. The van der Waals surface area contributed by atoms with Crippen LogP contribution in [-0.2, 0) is 51.4 Å². The number of hydrogen-bond donors (Lipinski definition) is 4. The van der Waals surface area contributed by atoms with Crippen LogP contribution in [0.3, 0.4) is 0 Å². The third-order valence-electron chi connectivity index (χ3n) is 12.3. The van der Waals surface area contributed by atoms with Gasteiger partial charge in [0.2, 0.25) is 0 Å². The number of aromatic amines is 2. The summed E-state index contributed by atoms with van der Waals surface area (Å²) < 4.78 is 7.13. The van der Waals surface area contributed by atoms with Crippen LogP contribution in [0.5, 0.6) is 11.5 Å². The number of hydrogen-bond acceptors (Lipinski definition) is 3. The highest BCUT2D eigenvalue weighted by molar-refractivity contribution is 5.90. The molecular weight excluding hydrogens is 673 g/mol. The first kappa shape index (κ1) is 34.2. The number of H-pyrrole nitrogens is 2. The molecular formula is C50H50N4O. The lowest BCUT2D eigenvalue weighted by Crippen LogP contribution is -2.16. The fourth-order valence-electron chi connectivity index (χ4n) is 9.57. The lowest BCUT2D eigenvalue weighted by atomic mass is 9.95. The van der Waals surface area contributed by atoms with Crippen LogP contribution in [0.2, 0.25) is 0 Å². The van der Waals surface area contributed by atoms with Crippen LogP contribution in [0, 0.1) is 0 Å². The van der Waals surface area contributed by atoms with Gasteiger partial charge in [0.15, 0.2) is 0 Å². The molecule has 6 aromatic carbocycles. The van der Waals surface area contributed by atoms with Crippen molar-refractivity contribution in [3.8, 4) is 11.5 Å². The highest BCUT2D eigenvalue weighted by atomic mass is 16.5. The molecule has 5 heteroatoms. The van der Waals surface area contributed by atoms with Crippen LogP contribution in [0.1, 0.15) is 57.6 Å². The first-order valence-corrected chi connectivity index (χ1v) is 20.6. The predicted molar refractivity (Wildman–Crippen MR) is 229 cm³/mol. The standard InChI is InChI=1S/C50H50N4O/c1-3-11-37-31-47(39(29-35(37)9-1)17-5-13-33-15-7-19-45-49(33)41-21-25-51-27-23-43(41)53-45)55-48-32-38-12-4-2-10-36(38)30-40(48)18-6-14-34-16-8-20-46-50(34)42-22-26-52-28-24-44(42)54-46/h1-4,7-12,15-16,19-20,29-32,51-54H,5-6,13-14,17-18,21-28H2. The van der Waals surface area contributed by atoms with Crippen molar-refractivity contribution in [2.75, 3.05) is 26.2 Å². The molecule has 10 rings (SSSR count). The van der Waals surface area contributed by atoms with E-state index < -0.39 is 0 Å². The Bertz CT molecular complexity index is 2480. The Labute approximate surface area is 323 Å². The SMILES string of the molecule is c1ccc2cc(Oc3cc4ccccc4cc3CCCc3cccc4[nH]c5c(c34)CCNCC5)c(CCCc3cccc4[nH]c5c(c34)CCNCC5)cc2c1. The Kier molecular flexibility index (Phi) is 9.35. The minimum Gasteiger partial charge on any atom is -0.457 e. The van der Waals surface area contributed by atoms with E-state index in [1.807, 2.05) is 0 Å². The second-order valence-electron chi connectivity index (χ2n) is 15.8. The van der Waals surface area contributed by atoms with Gasteiger partial charge in [-0.1, -0.05) is 72.8 Å². The molecule has 0 amide bonds. The van der Waals surface area contributed by atoms with E-state index in [-0.39, 0.29) is 0 Å². The normalized spacial score (nSPS) is 14.6. The average molecular weight is 723 g/mol. The van der Waals surface area contributed by atoms with Crippen LogP contribution in [0.25, 0.3) is 43.4 Å². The van der Waals surface area contributed by atoms with Gasteiger partial charge in [0, 0.05) is 59.1 Å². The van der Waals surface area contributed by atoms with Gasteiger partial charge in [-0.25, -0.2) is 0 Å². The Balaban J connectivity index is 0.939. The number of aryl methyl sites for hydroxylation is 4. The van der Waals surface area contributed by atoms with Crippen LogP contribution in [0.15, 0.2) is 109 Å². The number of benzene rings is 6.